The number of nitrogens with one attached hydrogen (secondary N) is 2. The molecule has 1 aliphatic heterocycles. The number of rotatable bonds is 4. The molecule has 5 heteroatoms. The van der Waals surface area contributed by atoms with Gasteiger partial charge in [0, 0.05) is 13.6 Å². The minimum absolute atomic E-state index is 0.0520. The third-order valence-corrected chi connectivity index (χ3v) is 2.69. The molecule has 1 rings (SSSR count). The van der Waals surface area contributed by atoms with Crippen LogP contribution < -0.4 is 10.6 Å². The Morgan fingerprint density at radius 1 is 1.53 bits per heavy atom. The van der Waals surface area contributed by atoms with Crippen molar-refractivity contribution in [2.24, 2.45) is 0 Å². The van der Waals surface area contributed by atoms with Crippen LogP contribution in [0.1, 0.15) is 19.8 Å². The van der Waals surface area contributed by atoms with E-state index >= 15 is 0 Å². The van der Waals surface area contributed by atoms with Crippen molar-refractivity contribution in [3.05, 3.63) is 0 Å². The summed E-state index contributed by atoms with van der Waals surface area (Å²) in [5.41, 5.74) is 0. The molecule has 1 aliphatic rings. The van der Waals surface area contributed by atoms with Gasteiger partial charge in [0.15, 0.2) is 0 Å². The molecule has 2 N–H and O–H groups in total. The number of carbonyl (C=O) groups excluding carboxylic acids is 2. The lowest BCUT2D eigenvalue weighted by molar-refractivity contribution is -0.132. The van der Waals surface area contributed by atoms with E-state index in [1.165, 1.54) is 0 Å². The molecule has 1 fully saturated rings. The summed E-state index contributed by atoms with van der Waals surface area (Å²) in [7, 11) is 1.72. The Hall–Kier alpha value is -1.10. The van der Waals surface area contributed by atoms with Crippen molar-refractivity contribution in [1.29, 1.82) is 0 Å². The lowest BCUT2D eigenvalue weighted by atomic mass is 10.2. The zero-order valence-electron chi connectivity index (χ0n) is 9.38. The fourth-order valence-electron chi connectivity index (χ4n) is 1.51. The Labute approximate surface area is 90.2 Å². The van der Waals surface area contributed by atoms with Crippen LogP contribution in [0.3, 0.4) is 0 Å². The number of hydrogen-bond donors (Lipinski definition) is 2. The maximum absolute atomic E-state index is 11.5. The van der Waals surface area contributed by atoms with Crippen molar-refractivity contribution in [1.82, 2.24) is 15.5 Å². The van der Waals surface area contributed by atoms with Gasteiger partial charge in [-0.2, -0.15) is 0 Å². The molecule has 0 aromatic heterocycles. The fourth-order valence-corrected chi connectivity index (χ4v) is 1.51. The second kappa shape index (κ2) is 5.70. The van der Waals surface area contributed by atoms with E-state index in [1.807, 2.05) is 6.92 Å². The topological polar surface area (TPSA) is 61.4 Å². The highest BCUT2D eigenvalue weighted by atomic mass is 16.2. The number of likely N-dealkylation sites (N-methyl/N-ethyl adjacent to an activating group) is 1. The third kappa shape index (κ3) is 3.51. The lowest BCUT2D eigenvalue weighted by Gasteiger charge is -2.16. The first-order valence-corrected chi connectivity index (χ1v) is 5.40. The van der Waals surface area contributed by atoms with Crippen LogP contribution in [0, 0.1) is 0 Å². The summed E-state index contributed by atoms with van der Waals surface area (Å²) in [5, 5.41) is 5.73. The van der Waals surface area contributed by atoms with E-state index in [2.05, 4.69) is 10.6 Å². The first-order valence-electron chi connectivity index (χ1n) is 5.40. The van der Waals surface area contributed by atoms with Gasteiger partial charge in [0.2, 0.25) is 11.8 Å². The minimum atomic E-state index is -0.107. The van der Waals surface area contributed by atoms with Gasteiger partial charge in [-0.05, 0) is 26.3 Å². The molecule has 0 spiro atoms. The SMILES string of the molecule is CCN(C)C(=O)CNC(=O)C1CCCN1. The summed E-state index contributed by atoms with van der Waals surface area (Å²) >= 11 is 0. The summed E-state index contributed by atoms with van der Waals surface area (Å²) < 4.78 is 0. The van der Waals surface area contributed by atoms with E-state index in [-0.39, 0.29) is 24.4 Å². The van der Waals surface area contributed by atoms with Crippen LogP contribution in [-0.4, -0.2) is 49.4 Å². The molecule has 2 amide bonds. The average Bonchev–Trinajstić information content (AvgIpc) is 2.77. The van der Waals surface area contributed by atoms with Crippen LogP contribution >= 0.6 is 0 Å². The molecule has 86 valence electrons. The van der Waals surface area contributed by atoms with Crippen LogP contribution in [0.25, 0.3) is 0 Å². The van der Waals surface area contributed by atoms with Gasteiger partial charge in [0.1, 0.15) is 0 Å². The molecule has 0 aromatic carbocycles. The Morgan fingerprint density at radius 3 is 2.80 bits per heavy atom. The van der Waals surface area contributed by atoms with Gasteiger partial charge in [-0.1, -0.05) is 0 Å². The maximum Gasteiger partial charge on any atom is 0.241 e. The molecule has 1 unspecified atom stereocenters. The highest BCUT2D eigenvalue weighted by Crippen LogP contribution is 2.04. The lowest BCUT2D eigenvalue weighted by Crippen LogP contribution is -2.45. The van der Waals surface area contributed by atoms with Crippen LogP contribution in [0.2, 0.25) is 0 Å². The zero-order chi connectivity index (χ0) is 11.3. The zero-order valence-corrected chi connectivity index (χ0v) is 9.38. The molecule has 0 radical (unpaired) electrons. The second-order valence-electron chi connectivity index (χ2n) is 3.77. The Bertz CT molecular complexity index is 237. The Morgan fingerprint density at radius 2 is 2.27 bits per heavy atom. The van der Waals surface area contributed by atoms with E-state index in [9.17, 15) is 9.59 Å². The first kappa shape index (κ1) is 12.0. The van der Waals surface area contributed by atoms with Gasteiger partial charge >= 0.3 is 0 Å². The van der Waals surface area contributed by atoms with Crippen LogP contribution in [-0.2, 0) is 9.59 Å². The summed E-state index contributed by atoms with van der Waals surface area (Å²) in [6.07, 6.45) is 1.89. The van der Waals surface area contributed by atoms with E-state index in [4.69, 9.17) is 0 Å². The molecule has 0 saturated carbocycles. The van der Waals surface area contributed by atoms with Gasteiger partial charge in [-0.3, -0.25) is 9.59 Å². The molecule has 1 saturated heterocycles. The highest BCUT2D eigenvalue weighted by Gasteiger charge is 2.22. The Kier molecular flexibility index (Phi) is 4.55. The Balaban J connectivity index is 2.24. The largest absolute Gasteiger partial charge is 0.346 e. The van der Waals surface area contributed by atoms with Crippen molar-refractivity contribution >= 4 is 11.8 Å². The van der Waals surface area contributed by atoms with Crippen molar-refractivity contribution in [3.8, 4) is 0 Å². The monoisotopic (exact) mass is 213 g/mol. The van der Waals surface area contributed by atoms with Crippen LogP contribution in [0.5, 0.6) is 0 Å². The van der Waals surface area contributed by atoms with Crippen molar-refractivity contribution in [2.45, 2.75) is 25.8 Å². The molecule has 0 bridgehead atoms. The maximum atomic E-state index is 11.5. The number of amides is 2. The molecule has 1 heterocycles. The second-order valence-corrected chi connectivity index (χ2v) is 3.77. The molecule has 0 aliphatic carbocycles. The molecular weight excluding hydrogens is 194 g/mol. The summed E-state index contributed by atoms with van der Waals surface area (Å²) in [6.45, 7) is 3.55. The molecule has 5 nitrogen and oxygen atoms in total. The normalized spacial score (nSPS) is 20.0. The van der Waals surface area contributed by atoms with E-state index in [0.29, 0.717) is 6.54 Å². The first-order chi connectivity index (χ1) is 7.15. The fraction of sp³-hybridized carbons (Fsp3) is 0.800. The predicted molar refractivity (Wildman–Crippen MR) is 57.3 cm³/mol. The molecule has 1 atom stereocenters. The smallest absolute Gasteiger partial charge is 0.241 e. The van der Waals surface area contributed by atoms with Gasteiger partial charge in [-0.25, -0.2) is 0 Å². The standard InChI is InChI=1S/C10H19N3O2/c1-3-13(2)9(14)7-12-10(15)8-5-4-6-11-8/h8,11H,3-7H2,1-2H3,(H,12,15). The molecule has 0 aromatic rings. The van der Waals surface area contributed by atoms with Gasteiger partial charge in [0.05, 0.1) is 12.6 Å². The summed E-state index contributed by atoms with van der Waals surface area (Å²) in [5.74, 6) is -0.116. The van der Waals surface area contributed by atoms with Crippen molar-refractivity contribution < 1.29 is 9.59 Å². The van der Waals surface area contributed by atoms with Gasteiger partial charge in [-0.15, -0.1) is 0 Å². The quantitative estimate of drug-likeness (QED) is 0.651. The highest BCUT2D eigenvalue weighted by molar-refractivity contribution is 5.87. The van der Waals surface area contributed by atoms with Crippen LogP contribution in [0.4, 0.5) is 0 Å². The average molecular weight is 213 g/mol. The summed E-state index contributed by atoms with van der Waals surface area (Å²) in [4.78, 5) is 24.5. The van der Waals surface area contributed by atoms with Crippen molar-refractivity contribution in [3.63, 3.8) is 0 Å². The predicted octanol–water partition coefficient (Wildman–Crippen LogP) is -0.667. The van der Waals surface area contributed by atoms with E-state index in [1.54, 1.807) is 11.9 Å². The number of nitrogens with zero attached hydrogens (tertiary/aromatic N) is 1. The summed E-state index contributed by atoms with van der Waals surface area (Å²) in [6, 6.07) is -0.107. The van der Waals surface area contributed by atoms with Gasteiger partial charge in [0.25, 0.3) is 0 Å². The van der Waals surface area contributed by atoms with Gasteiger partial charge < -0.3 is 15.5 Å². The number of carbonyl (C=O) groups is 2. The number of hydrogen-bond acceptors (Lipinski definition) is 3. The molecule has 15 heavy (non-hydrogen) atoms. The third-order valence-electron chi connectivity index (χ3n) is 2.69. The minimum Gasteiger partial charge on any atom is -0.346 e. The van der Waals surface area contributed by atoms with Crippen LogP contribution in [0.15, 0.2) is 0 Å². The van der Waals surface area contributed by atoms with E-state index in [0.717, 1.165) is 19.4 Å². The molecular formula is C10H19N3O2. The van der Waals surface area contributed by atoms with E-state index < -0.39 is 0 Å². The van der Waals surface area contributed by atoms with Crippen molar-refractivity contribution in [2.75, 3.05) is 26.7 Å².